The molecule has 0 amide bonds. The molecule has 0 fully saturated rings. The summed E-state index contributed by atoms with van der Waals surface area (Å²) in [5, 5.41) is 27.2. The average molecular weight is 497 g/mol. The van der Waals surface area contributed by atoms with Gasteiger partial charge in [-0.05, 0) is 50.0 Å². The highest BCUT2D eigenvalue weighted by atomic mass is 16.7. The van der Waals surface area contributed by atoms with Crippen LogP contribution in [0.5, 0.6) is 0 Å². The molecule has 0 aliphatic carbocycles. The smallest absolute Gasteiger partial charge is 0.297 e. The van der Waals surface area contributed by atoms with Gasteiger partial charge in [0.2, 0.25) is 0 Å². The van der Waals surface area contributed by atoms with Gasteiger partial charge in [-0.2, -0.15) is 0 Å². The lowest BCUT2D eigenvalue weighted by Gasteiger charge is -2.35. The van der Waals surface area contributed by atoms with Gasteiger partial charge >= 0.3 is 0 Å². The molecule has 35 heavy (non-hydrogen) atoms. The van der Waals surface area contributed by atoms with Gasteiger partial charge < -0.3 is 15.3 Å². The Hall–Kier alpha value is -0.380. The topological polar surface area (TPSA) is 60.7 Å². The summed E-state index contributed by atoms with van der Waals surface area (Å²) in [6.07, 6.45) is 36.1. The standard InChI is InChI=1S/C32H64O3/c1-4-7-10-13-16-21-26-31(27-22-17-14-11-8-5-2,28-23-18-15-12-9-6-3)29-24-19-20-25-30-32(33,34)35/h25,30,33-35H,4-24,26-29H2,1-3H3. The highest BCUT2D eigenvalue weighted by Gasteiger charge is 2.28. The van der Waals surface area contributed by atoms with Gasteiger partial charge in [0.1, 0.15) is 0 Å². The minimum atomic E-state index is -2.67. The normalized spacial score (nSPS) is 12.7. The predicted octanol–water partition coefficient (Wildman–Crippen LogP) is 9.97. The van der Waals surface area contributed by atoms with Crippen molar-refractivity contribution in [2.45, 2.75) is 187 Å². The van der Waals surface area contributed by atoms with Crippen molar-refractivity contribution in [2.24, 2.45) is 5.41 Å². The molecule has 0 bridgehead atoms. The van der Waals surface area contributed by atoms with E-state index in [1.165, 1.54) is 148 Å². The largest absolute Gasteiger partial charge is 0.340 e. The third-order valence-electron chi connectivity index (χ3n) is 7.85. The molecule has 210 valence electrons. The van der Waals surface area contributed by atoms with Crippen LogP contribution in [0.4, 0.5) is 0 Å². The molecular weight excluding hydrogens is 432 g/mol. The Balaban J connectivity index is 4.90. The van der Waals surface area contributed by atoms with Crippen LogP contribution in [0.1, 0.15) is 181 Å². The Morgan fingerprint density at radius 1 is 0.429 bits per heavy atom. The first-order chi connectivity index (χ1) is 16.9. The van der Waals surface area contributed by atoms with E-state index >= 15 is 0 Å². The first-order valence-electron chi connectivity index (χ1n) is 15.7. The van der Waals surface area contributed by atoms with Crippen LogP contribution in [0.3, 0.4) is 0 Å². The monoisotopic (exact) mass is 496 g/mol. The van der Waals surface area contributed by atoms with Crippen LogP contribution in [0.15, 0.2) is 12.2 Å². The predicted molar refractivity (Wildman–Crippen MR) is 153 cm³/mol. The fourth-order valence-corrected chi connectivity index (χ4v) is 5.59. The summed E-state index contributed by atoms with van der Waals surface area (Å²) < 4.78 is 0. The maximum atomic E-state index is 9.05. The molecule has 0 aromatic heterocycles. The third-order valence-corrected chi connectivity index (χ3v) is 7.85. The number of hydrogen-bond acceptors (Lipinski definition) is 3. The lowest BCUT2D eigenvalue weighted by Crippen LogP contribution is -2.23. The number of hydrogen-bond donors (Lipinski definition) is 3. The summed E-state index contributed by atoms with van der Waals surface area (Å²) in [4.78, 5) is 0. The summed E-state index contributed by atoms with van der Waals surface area (Å²) in [5.74, 6) is -2.67. The van der Waals surface area contributed by atoms with E-state index in [0.29, 0.717) is 5.41 Å². The molecule has 0 heterocycles. The minimum Gasteiger partial charge on any atom is -0.340 e. The number of unbranched alkanes of at least 4 members (excludes halogenated alkanes) is 17. The molecule has 3 nitrogen and oxygen atoms in total. The summed E-state index contributed by atoms with van der Waals surface area (Å²) in [6, 6.07) is 0. The van der Waals surface area contributed by atoms with Crippen LogP contribution in [0, 0.1) is 5.41 Å². The van der Waals surface area contributed by atoms with E-state index in [0.717, 1.165) is 18.9 Å². The van der Waals surface area contributed by atoms with Gasteiger partial charge in [0.25, 0.3) is 5.97 Å². The van der Waals surface area contributed by atoms with Crippen LogP contribution in [0.25, 0.3) is 0 Å². The van der Waals surface area contributed by atoms with Crippen LogP contribution < -0.4 is 0 Å². The van der Waals surface area contributed by atoms with E-state index < -0.39 is 5.97 Å². The molecule has 0 aliphatic heterocycles. The molecule has 0 aliphatic rings. The van der Waals surface area contributed by atoms with Gasteiger partial charge in [0.15, 0.2) is 0 Å². The van der Waals surface area contributed by atoms with E-state index in [9.17, 15) is 0 Å². The maximum Gasteiger partial charge on any atom is 0.297 e. The SMILES string of the molecule is CCCCCCCCC(CCCCC=CC(O)(O)O)(CCCCCCCC)CCCCCCCC. The minimum absolute atomic E-state index is 0.499. The second-order valence-electron chi connectivity index (χ2n) is 11.4. The molecule has 0 atom stereocenters. The summed E-state index contributed by atoms with van der Waals surface area (Å²) in [6.45, 7) is 6.88. The molecule has 3 heteroatoms. The molecule has 0 saturated heterocycles. The molecule has 0 rings (SSSR count). The lowest BCUT2D eigenvalue weighted by atomic mass is 9.70. The van der Waals surface area contributed by atoms with Crippen molar-refractivity contribution in [3.8, 4) is 0 Å². The number of aliphatic hydroxyl groups is 3. The lowest BCUT2D eigenvalue weighted by molar-refractivity contribution is -0.273. The average Bonchev–Trinajstić information content (AvgIpc) is 2.82. The molecule has 0 unspecified atom stereocenters. The molecule has 0 radical (unpaired) electrons. The van der Waals surface area contributed by atoms with E-state index in [2.05, 4.69) is 20.8 Å². The van der Waals surface area contributed by atoms with Gasteiger partial charge in [-0.1, -0.05) is 149 Å². The Bertz CT molecular complexity index is 411. The van der Waals surface area contributed by atoms with Crippen molar-refractivity contribution in [1.82, 2.24) is 0 Å². The fourth-order valence-electron chi connectivity index (χ4n) is 5.59. The van der Waals surface area contributed by atoms with Crippen molar-refractivity contribution in [3.63, 3.8) is 0 Å². The quantitative estimate of drug-likeness (QED) is 0.0602. The van der Waals surface area contributed by atoms with Gasteiger partial charge in [0.05, 0.1) is 0 Å². The highest BCUT2D eigenvalue weighted by Crippen LogP contribution is 2.42. The zero-order chi connectivity index (χ0) is 26.1. The van der Waals surface area contributed by atoms with Crippen molar-refractivity contribution >= 4 is 0 Å². The van der Waals surface area contributed by atoms with Crippen molar-refractivity contribution in [2.75, 3.05) is 0 Å². The molecular formula is C32H64O3. The summed E-state index contributed by atoms with van der Waals surface area (Å²) >= 11 is 0. The van der Waals surface area contributed by atoms with E-state index in [1.54, 1.807) is 6.08 Å². The van der Waals surface area contributed by atoms with E-state index in [4.69, 9.17) is 15.3 Å². The Morgan fingerprint density at radius 3 is 1.09 bits per heavy atom. The second-order valence-corrected chi connectivity index (χ2v) is 11.4. The fraction of sp³-hybridized carbons (Fsp3) is 0.938. The van der Waals surface area contributed by atoms with E-state index in [-0.39, 0.29) is 0 Å². The van der Waals surface area contributed by atoms with Crippen LogP contribution in [0.2, 0.25) is 0 Å². The number of rotatable bonds is 27. The molecule has 0 saturated carbocycles. The number of allylic oxidation sites excluding steroid dienone is 1. The second kappa shape index (κ2) is 24.0. The van der Waals surface area contributed by atoms with Gasteiger partial charge in [0, 0.05) is 0 Å². The van der Waals surface area contributed by atoms with E-state index in [1.807, 2.05) is 0 Å². The van der Waals surface area contributed by atoms with Crippen LogP contribution in [-0.4, -0.2) is 21.3 Å². The highest BCUT2D eigenvalue weighted by molar-refractivity contribution is 4.88. The molecule has 0 spiro atoms. The van der Waals surface area contributed by atoms with Gasteiger partial charge in [-0.3, -0.25) is 0 Å². The van der Waals surface area contributed by atoms with Crippen LogP contribution in [-0.2, 0) is 0 Å². The first-order valence-corrected chi connectivity index (χ1v) is 15.7. The Kier molecular flexibility index (Phi) is 23.7. The van der Waals surface area contributed by atoms with Crippen molar-refractivity contribution in [3.05, 3.63) is 12.2 Å². The Morgan fingerprint density at radius 2 is 0.743 bits per heavy atom. The summed E-state index contributed by atoms with van der Waals surface area (Å²) in [7, 11) is 0. The zero-order valence-electron chi connectivity index (χ0n) is 24.2. The first kappa shape index (κ1) is 34.6. The maximum absolute atomic E-state index is 9.05. The Labute approximate surface area is 220 Å². The van der Waals surface area contributed by atoms with Crippen molar-refractivity contribution < 1.29 is 15.3 Å². The molecule has 0 aromatic rings. The third kappa shape index (κ3) is 23.8. The van der Waals surface area contributed by atoms with Gasteiger partial charge in [-0.25, -0.2) is 0 Å². The molecule has 0 aromatic carbocycles. The van der Waals surface area contributed by atoms with Crippen molar-refractivity contribution in [1.29, 1.82) is 0 Å². The van der Waals surface area contributed by atoms with Gasteiger partial charge in [-0.15, -0.1) is 0 Å². The van der Waals surface area contributed by atoms with Crippen LogP contribution >= 0.6 is 0 Å². The zero-order valence-corrected chi connectivity index (χ0v) is 24.2. The molecule has 3 N–H and O–H groups in total. The summed E-state index contributed by atoms with van der Waals surface area (Å²) in [5.41, 5.74) is 0.499.